The Morgan fingerprint density at radius 2 is 2.08 bits per heavy atom. The number of benzene rings is 1. The van der Waals surface area contributed by atoms with Gasteiger partial charge in [-0.25, -0.2) is 4.79 Å². The van der Waals surface area contributed by atoms with Gasteiger partial charge in [0.05, 0.1) is 7.11 Å². The molecule has 0 aromatic heterocycles. The summed E-state index contributed by atoms with van der Waals surface area (Å²) in [5, 5.41) is 5.35. The molecule has 4 amide bonds. The van der Waals surface area contributed by atoms with Crippen LogP contribution >= 0.6 is 0 Å². The molecule has 130 valence electrons. The minimum atomic E-state index is -0.957. The second-order valence-electron chi connectivity index (χ2n) is 6.53. The molecule has 1 atom stereocenters. The summed E-state index contributed by atoms with van der Waals surface area (Å²) in [7, 11) is 1.53. The molecule has 0 radical (unpaired) electrons. The number of hydrogen-bond acceptors (Lipinski definition) is 4. The van der Waals surface area contributed by atoms with Gasteiger partial charge in [-0.05, 0) is 31.4 Å². The Bertz CT molecular complexity index is 659. The molecule has 7 nitrogen and oxygen atoms in total. The summed E-state index contributed by atoms with van der Waals surface area (Å²) >= 11 is 0. The van der Waals surface area contributed by atoms with Crippen molar-refractivity contribution in [1.82, 2.24) is 10.2 Å². The molecule has 1 aromatic rings. The third-order valence-corrected chi connectivity index (χ3v) is 3.82. The molecule has 2 rings (SSSR count). The Balaban J connectivity index is 2.03. The van der Waals surface area contributed by atoms with Crippen LogP contribution in [0.2, 0.25) is 0 Å². The average Bonchev–Trinajstić information content (AvgIpc) is 2.70. The highest BCUT2D eigenvalue weighted by Gasteiger charge is 2.48. The standard InChI is InChI=1S/C17H23N3O4/c1-11(2)9-17(3)15(22)20(16(23)19-17)10-14(21)18-12-6-5-7-13(8-12)24-4/h5-8,11H,9-10H2,1-4H3,(H,18,21)(H,19,23)/t17-/m0/s1. The van der Waals surface area contributed by atoms with E-state index in [9.17, 15) is 14.4 Å². The van der Waals surface area contributed by atoms with Gasteiger partial charge in [-0.2, -0.15) is 0 Å². The minimum Gasteiger partial charge on any atom is -0.497 e. The molecule has 7 heteroatoms. The highest BCUT2D eigenvalue weighted by molar-refractivity contribution is 6.09. The predicted octanol–water partition coefficient (Wildman–Crippen LogP) is 1.99. The number of carbonyl (C=O) groups excluding carboxylic acids is 3. The lowest BCUT2D eigenvalue weighted by molar-refractivity contribution is -0.133. The van der Waals surface area contributed by atoms with Crippen LogP contribution < -0.4 is 15.4 Å². The van der Waals surface area contributed by atoms with Crippen molar-refractivity contribution in [2.24, 2.45) is 5.92 Å². The maximum absolute atomic E-state index is 12.5. The van der Waals surface area contributed by atoms with Gasteiger partial charge in [0.1, 0.15) is 17.8 Å². The first kappa shape index (κ1) is 17.8. The molecular formula is C17H23N3O4. The van der Waals surface area contributed by atoms with Gasteiger partial charge in [0.25, 0.3) is 5.91 Å². The average molecular weight is 333 g/mol. The first-order valence-corrected chi connectivity index (χ1v) is 7.83. The molecule has 0 saturated carbocycles. The Kier molecular flexibility index (Phi) is 5.11. The normalized spacial score (nSPS) is 20.3. The van der Waals surface area contributed by atoms with Crippen molar-refractivity contribution in [3.05, 3.63) is 24.3 Å². The van der Waals surface area contributed by atoms with Crippen LogP contribution in [-0.4, -0.2) is 41.9 Å². The molecule has 0 bridgehead atoms. The Hall–Kier alpha value is -2.57. The molecule has 2 N–H and O–H groups in total. The van der Waals surface area contributed by atoms with Crippen LogP contribution in [0.1, 0.15) is 27.2 Å². The zero-order chi connectivity index (χ0) is 17.9. The number of hydrogen-bond donors (Lipinski definition) is 2. The van der Waals surface area contributed by atoms with E-state index in [1.165, 1.54) is 7.11 Å². The second kappa shape index (κ2) is 6.90. The van der Waals surface area contributed by atoms with E-state index in [1.54, 1.807) is 31.2 Å². The van der Waals surface area contributed by atoms with Crippen LogP contribution in [0, 0.1) is 5.92 Å². The Morgan fingerprint density at radius 3 is 2.71 bits per heavy atom. The van der Waals surface area contributed by atoms with Crippen LogP contribution in [0.3, 0.4) is 0 Å². The third-order valence-electron chi connectivity index (χ3n) is 3.82. The molecule has 0 unspecified atom stereocenters. The van der Waals surface area contributed by atoms with E-state index in [0.29, 0.717) is 17.9 Å². The number of methoxy groups -OCH3 is 1. The van der Waals surface area contributed by atoms with Crippen LogP contribution in [0.4, 0.5) is 10.5 Å². The molecule has 24 heavy (non-hydrogen) atoms. The van der Waals surface area contributed by atoms with Crippen molar-refractivity contribution in [3.8, 4) is 5.75 Å². The van der Waals surface area contributed by atoms with Gasteiger partial charge >= 0.3 is 6.03 Å². The molecule has 0 aliphatic carbocycles. The van der Waals surface area contributed by atoms with E-state index in [4.69, 9.17) is 4.74 Å². The summed E-state index contributed by atoms with van der Waals surface area (Å²) in [6.07, 6.45) is 0.519. The molecule has 1 saturated heterocycles. The summed E-state index contributed by atoms with van der Waals surface area (Å²) in [5.41, 5.74) is -0.419. The topological polar surface area (TPSA) is 87.7 Å². The molecule has 1 aromatic carbocycles. The van der Waals surface area contributed by atoms with Crippen LogP contribution in [0.15, 0.2) is 24.3 Å². The smallest absolute Gasteiger partial charge is 0.325 e. The molecule has 0 spiro atoms. The largest absolute Gasteiger partial charge is 0.497 e. The quantitative estimate of drug-likeness (QED) is 0.779. The van der Waals surface area contributed by atoms with Gasteiger partial charge < -0.3 is 15.4 Å². The van der Waals surface area contributed by atoms with Crippen molar-refractivity contribution in [2.45, 2.75) is 32.7 Å². The van der Waals surface area contributed by atoms with Gasteiger partial charge in [0, 0.05) is 11.8 Å². The number of imide groups is 1. The van der Waals surface area contributed by atoms with Crippen molar-refractivity contribution in [3.63, 3.8) is 0 Å². The maximum Gasteiger partial charge on any atom is 0.325 e. The van der Waals surface area contributed by atoms with E-state index in [2.05, 4.69) is 10.6 Å². The monoisotopic (exact) mass is 333 g/mol. The Morgan fingerprint density at radius 1 is 1.38 bits per heavy atom. The highest BCUT2D eigenvalue weighted by Crippen LogP contribution is 2.25. The zero-order valence-corrected chi connectivity index (χ0v) is 14.4. The van der Waals surface area contributed by atoms with Crippen molar-refractivity contribution >= 4 is 23.5 Å². The van der Waals surface area contributed by atoms with Crippen molar-refractivity contribution in [2.75, 3.05) is 19.0 Å². The number of nitrogens with one attached hydrogen (secondary N) is 2. The number of amides is 4. The van der Waals surface area contributed by atoms with Crippen LogP contribution in [0.25, 0.3) is 0 Å². The van der Waals surface area contributed by atoms with Gasteiger partial charge in [-0.1, -0.05) is 19.9 Å². The third kappa shape index (κ3) is 3.84. The predicted molar refractivity (Wildman–Crippen MR) is 89.7 cm³/mol. The summed E-state index contributed by atoms with van der Waals surface area (Å²) in [6, 6.07) is 6.32. The lowest BCUT2D eigenvalue weighted by Crippen LogP contribution is -2.45. The molecular weight excluding hydrogens is 310 g/mol. The summed E-state index contributed by atoms with van der Waals surface area (Å²) in [4.78, 5) is 37.7. The first-order valence-electron chi connectivity index (χ1n) is 7.83. The maximum atomic E-state index is 12.5. The van der Waals surface area contributed by atoms with Gasteiger partial charge in [-0.15, -0.1) is 0 Å². The summed E-state index contributed by atoms with van der Waals surface area (Å²) in [6.45, 7) is 5.31. The lowest BCUT2D eigenvalue weighted by Gasteiger charge is -2.23. The SMILES string of the molecule is COc1cccc(NC(=O)CN2C(=O)N[C@@](C)(CC(C)C)C2=O)c1. The number of rotatable bonds is 6. The van der Waals surface area contributed by atoms with E-state index < -0.39 is 17.5 Å². The van der Waals surface area contributed by atoms with E-state index >= 15 is 0 Å². The fourth-order valence-corrected chi connectivity index (χ4v) is 2.89. The zero-order valence-electron chi connectivity index (χ0n) is 14.4. The lowest BCUT2D eigenvalue weighted by atomic mass is 9.91. The van der Waals surface area contributed by atoms with Gasteiger partial charge in [0.2, 0.25) is 5.91 Å². The number of nitrogens with zero attached hydrogens (tertiary/aromatic N) is 1. The highest BCUT2D eigenvalue weighted by atomic mass is 16.5. The van der Waals surface area contributed by atoms with Crippen LogP contribution in [0.5, 0.6) is 5.75 Å². The van der Waals surface area contributed by atoms with E-state index in [0.717, 1.165) is 4.90 Å². The van der Waals surface area contributed by atoms with Gasteiger partial charge in [-0.3, -0.25) is 14.5 Å². The number of carbonyl (C=O) groups is 3. The minimum absolute atomic E-state index is 0.241. The van der Waals surface area contributed by atoms with Crippen molar-refractivity contribution in [1.29, 1.82) is 0 Å². The summed E-state index contributed by atoms with van der Waals surface area (Å²) < 4.78 is 5.09. The van der Waals surface area contributed by atoms with Gasteiger partial charge in [0.15, 0.2) is 0 Å². The molecule has 1 heterocycles. The molecule has 1 fully saturated rings. The van der Waals surface area contributed by atoms with Crippen molar-refractivity contribution < 1.29 is 19.1 Å². The number of urea groups is 1. The van der Waals surface area contributed by atoms with E-state index in [-0.39, 0.29) is 18.4 Å². The van der Waals surface area contributed by atoms with Crippen LogP contribution in [-0.2, 0) is 9.59 Å². The summed E-state index contributed by atoms with van der Waals surface area (Å²) in [5.74, 6) is 0.0275. The first-order chi connectivity index (χ1) is 11.2. The second-order valence-corrected chi connectivity index (χ2v) is 6.53. The fraction of sp³-hybridized carbons (Fsp3) is 0.471. The Labute approximate surface area is 141 Å². The number of anilines is 1. The fourth-order valence-electron chi connectivity index (χ4n) is 2.89. The molecule has 1 aliphatic rings. The van der Waals surface area contributed by atoms with E-state index in [1.807, 2.05) is 13.8 Å². The number of ether oxygens (including phenoxy) is 1. The molecule has 1 aliphatic heterocycles.